The Labute approximate surface area is 443 Å². The molecule has 426 valence electrons. The van der Waals surface area contributed by atoms with Crippen molar-refractivity contribution in [3.63, 3.8) is 0 Å². The average Bonchev–Trinajstić information content (AvgIpc) is 3.80. The van der Waals surface area contributed by atoms with Crippen molar-refractivity contribution in [1.29, 1.82) is 0 Å². The summed E-state index contributed by atoms with van der Waals surface area (Å²) >= 11 is 5.77. The van der Waals surface area contributed by atoms with Gasteiger partial charge in [-0.15, -0.1) is 0 Å². The number of aromatic nitrogens is 4. The van der Waals surface area contributed by atoms with E-state index in [0.717, 1.165) is 38.0 Å². The molecule has 10 atom stereocenters. The lowest BCUT2D eigenvalue weighted by Crippen LogP contribution is -2.43. The van der Waals surface area contributed by atoms with Crippen LogP contribution in [0.4, 0.5) is 0 Å². The standard InChI is InChI=1S/C24H46N3O6PSSi.C24H46N3O6PSi.2H2O/c1-16(2)25-12-11-18(4)32-34(35,30-8)33-19-13-21(27-14-17(3)22(28)26-23(27)29)31-20(19)15-36(9,10)24(5,6)7;1-16(2)25-12-11-18(4)32-34(30-8)33-19-13-21(27-14-17(3)22(28)26-23(27)29)31-20(19)15-35(9,10)24(5,6)7;;/h14,16,18-21,25H,11-13,15H2,1-10H3,(H,26,28,29);14,16,18-21,25H,11-13,15H2,1-10H3,(H,26,28,29);2*1H2/t2*18-,19?,20?,21?,34?;;/m11../s1. The van der Waals surface area contributed by atoms with Crippen LogP contribution in [0.25, 0.3) is 0 Å². The highest BCUT2D eigenvalue weighted by Gasteiger charge is 2.48. The van der Waals surface area contributed by atoms with E-state index in [1.54, 1.807) is 33.4 Å². The van der Waals surface area contributed by atoms with E-state index < -0.39 is 67.0 Å². The highest BCUT2D eigenvalue weighted by atomic mass is 32.5. The third kappa shape index (κ3) is 20.9. The lowest BCUT2D eigenvalue weighted by molar-refractivity contribution is -0.0116. The molecule has 8 unspecified atom stereocenters. The van der Waals surface area contributed by atoms with Crippen LogP contribution in [0.15, 0.2) is 31.6 Å². The molecule has 20 nitrogen and oxygen atoms in total. The second-order valence-corrected chi connectivity index (χ2v) is 38.9. The molecule has 0 amide bonds. The summed E-state index contributed by atoms with van der Waals surface area (Å²) in [6, 6.07) is 2.51. The first kappa shape index (κ1) is 69.4. The van der Waals surface area contributed by atoms with Gasteiger partial charge in [0.2, 0.25) is 0 Å². The fraction of sp³-hybridized carbons (Fsp3) is 0.833. The SMILES string of the molecule is COP(=S)(OC1CC(n2cc(C)c(=O)[nH]c2=O)OC1C[Si](C)(C)C(C)(C)C)O[C@H](C)CCNC(C)C.COP(OC1CC(n2cc(C)c(=O)[nH]c2=O)OC1C[Si](C)(C)C(C)(C)C)O[C@H](C)CCNC(C)C.O.O. The third-order valence-corrected chi connectivity index (χ3v) is 29.2. The first-order chi connectivity index (χ1) is 32.6. The molecule has 4 rings (SSSR count). The van der Waals surface area contributed by atoms with Crippen molar-refractivity contribution < 1.29 is 47.6 Å². The summed E-state index contributed by atoms with van der Waals surface area (Å²) in [6.45, 7) is 37.3. The Hall–Kier alpha value is -1.61. The number of rotatable bonds is 24. The average molecular weight is 1130 g/mol. The number of H-pyrrole nitrogens is 2. The van der Waals surface area contributed by atoms with E-state index in [4.69, 9.17) is 48.4 Å². The van der Waals surface area contributed by atoms with Crippen molar-refractivity contribution in [3.8, 4) is 0 Å². The van der Waals surface area contributed by atoms with E-state index in [-0.39, 0.29) is 57.1 Å². The quantitative estimate of drug-likeness (QED) is 0.0578. The van der Waals surface area contributed by atoms with Crippen molar-refractivity contribution in [2.45, 2.75) is 232 Å². The molecule has 0 spiro atoms. The zero-order chi connectivity index (χ0) is 54.0. The van der Waals surface area contributed by atoms with Crippen LogP contribution in [0.1, 0.15) is 132 Å². The second kappa shape index (κ2) is 29.4. The van der Waals surface area contributed by atoms with Crippen LogP contribution >= 0.6 is 15.3 Å². The van der Waals surface area contributed by atoms with Crippen molar-refractivity contribution in [2.75, 3.05) is 27.3 Å². The zero-order valence-electron chi connectivity index (χ0n) is 47.7. The molecule has 0 aliphatic carbocycles. The van der Waals surface area contributed by atoms with Gasteiger partial charge in [-0.25, -0.2) is 9.59 Å². The highest BCUT2D eigenvalue weighted by Crippen LogP contribution is 2.55. The molecule has 73 heavy (non-hydrogen) atoms. The van der Waals surface area contributed by atoms with Crippen molar-refractivity contribution >= 4 is 43.3 Å². The van der Waals surface area contributed by atoms with Gasteiger partial charge in [0.15, 0.2) is 0 Å². The van der Waals surface area contributed by atoms with E-state index in [9.17, 15) is 19.2 Å². The molecule has 2 fully saturated rings. The van der Waals surface area contributed by atoms with E-state index in [1.165, 1.54) is 16.2 Å². The molecule has 0 saturated carbocycles. The molecular weight excluding hydrogens is 1030 g/mol. The topological polar surface area (TPSA) is 271 Å². The normalized spacial score (nSPS) is 22.8. The van der Waals surface area contributed by atoms with Gasteiger partial charge in [0.05, 0.1) is 52.8 Å². The molecule has 0 bridgehead atoms. The molecular formula is C48H96N6O14P2SSi2. The summed E-state index contributed by atoms with van der Waals surface area (Å²) in [5, 5.41) is 7.09. The van der Waals surface area contributed by atoms with Gasteiger partial charge < -0.3 is 58.2 Å². The minimum atomic E-state index is -3.06. The van der Waals surface area contributed by atoms with E-state index in [1.807, 2.05) is 13.8 Å². The Morgan fingerprint density at radius 2 is 1.12 bits per heavy atom. The fourth-order valence-electron chi connectivity index (χ4n) is 7.67. The van der Waals surface area contributed by atoms with Gasteiger partial charge in [0.25, 0.3) is 11.1 Å². The van der Waals surface area contributed by atoms with Crippen LogP contribution in [0, 0.1) is 13.8 Å². The molecule has 2 aliphatic heterocycles. The van der Waals surface area contributed by atoms with Gasteiger partial charge in [0.1, 0.15) is 12.5 Å². The minimum absolute atomic E-state index is 0. The van der Waals surface area contributed by atoms with Crippen LogP contribution < -0.4 is 33.1 Å². The summed E-state index contributed by atoms with van der Waals surface area (Å²) in [5.74, 6) is 0. The molecule has 2 aromatic heterocycles. The zero-order valence-corrected chi connectivity index (χ0v) is 52.3. The second-order valence-electron chi connectivity index (χ2n) is 23.3. The van der Waals surface area contributed by atoms with Gasteiger partial charge in [-0.3, -0.25) is 28.7 Å². The fourth-order valence-corrected chi connectivity index (χ4v) is 14.8. The molecule has 2 aliphatic rings. The maximum atomic E-state index is 12.6. The third-order valence-electron chi connectivity index (χ3n) is 14.4. The number of aryl methyl sites for hydroxylation is 2. The van der Waals surface area contributed by atoms with Crippen molar-refractivity contribution in [3.05, 3.63) is 65.2 Å². The number of nitrogens with one attached hydrogen (secondary N) is 4. The lowest BCUT2D eigenvalue weighted by atomic mass is 10.2. The summed E-state index contributed by atoms with van der Waals surface area (Å²) < 4.78 is 52.1. The number of aromatic amines is 2. The monoisotopic (exact) mass is 1130 g/mol. The Morgan fingerprint density at radius 1 is 0.726 bits per heavy atom. The van der Waals surface area contributed by atoms with Crippen LogP contribution in [-0.4, -0.2) is 122 Å². The Morgan fingerprint density at radius 3 is 1.51 bits per heavy atom. The predicted octanol–water partition coefficient (Wildman–Crippen LogP) is 7.73. The minimum Gasteiger partial charge on any atom is -0.412 e. The molecule has 0 radical (unpaired) electrons. The molecule has 25 heteroatoms. The molecule has 0 aromatic carbocycles. The predicted molar refractivity (Wildman–Crippen MR) is 302 cm³/mol. The van der Waals surface area contributed by atoms with E-state index >= 15 is 0 Å². The Balaban J connectivity index is 0.000000711. The van der Waals surface area contributed by atoms with E-state index in [0.29, 0.717) is 36.1 Å². The largest absolute Gasteiger partial charge is 0.412 e. The molecule has 2 saturated heterocycles. The summed E-state index contributed by atoms with van der Waals surface area (Å²) in [5.41, 5.74) is -0.858. The smallest absolute Gasteiger partial charge is 0.333 e. The van der Waals surface area contributed by atoms with Crippen LogP contribution in [0.5, 0.6) is 0 Å². The highest BCUT2D eigenvalue weighted by molar-refractivity contribution is 8.07. The van der Waals surface area contributed by atoms with Crippen LogP contribution in [-0.2, 0) is 48.4 Å². The molecule has 4 heterocycles. The molecule has 2 aromatic rings. The van der Waals surface area contributed by atoms with Gasteiger partial charge >= 0.3 is 26.7 Å². The van der Waals surface area contributed by atoms with Gasteiger partial charge in [-0.2, -0.15) is 0 Å². The summed E-state index contributed by atoms with van der Waals surface area (Å²) in [4.78, 5) is 53.7. The molecule has 8 N–H and O–H groups in total. The number of nitrogens with zero attached hydrogens (tertiary/aromatic N) is 2. The lowest BCUT2D eigenvalue weighted by Gasteiger charge is -2.39. The van der Waals surface area contributed by atoms with Crippen LogP contribution in [0.3, 0.4) is 0 Å². The van der Waals surface area contributed by atoms with Crippen molar-refractivity contribution in [1.82, 2.24) is 29.7 Å². The number of hydrogen-bond donors (Lipinski definition) is 4. The Bertz CT molecular complexity index is 2290. The first-order valence-electron chi connectivity index (χ1n) is 25.2. The maximum absolute atomic E-state index is 12.6. The Kier molecular flexibility index (Phi) is 27.9. The summed E-state index contributed by atoms with van der Waals surface area (Å²) in [6.07, 6.45) is 3.11. The van der Waals surface area contributed by atoms with Crippen molar-refractivity contribution in [2.24, 2.45) is 0 Å². The van der Waals surface area contributed by atoms with Gasteiger partial charge in [-0.1, -0.05) is 95.4 Å². The number of hydrogen-bond acceptors (Lipinski definition) is 15. The number of ether oxygens (including phenoxy) is 2. The van der Waals surface area contributed by atoms with Crippen LogP contribution in [0.2, 0.25) is 48.4 Å². The summed E-state index contributed by atoms with van der Waals surface area (Å²) in [7, 11) is -1.98. The van der Waals surface area contributed by atoms with Gasteiger partial charge in [0, 0.05) is 62.7 Å². The maximum Gasteiger partial charge on any atom is 0.333 e. The van der Waals surface area contributed by atoms with E-state index in [2.05, 4.69) is 116 Å². The first-order valence-corrected chi connectivity index (χ1v) is 35.3. The van der Waals surface area contributed by atoms with Gasteiger partial charge in [-0.05, 0) is 87.6 Å².